The molecule has 0 bridgehead atoms. The smallest absolute Gasteiger partial charge is 0.407 e. The molecule has 2 N–H and O–H groups in total. The fraction of sp³-hybridized carbons (Fsp3) is 0.500. The van der Waals surface area contributed by atoms with Crippen molar-refractivity contribution < 1.29 is 32.5 Å². The van der Waals surface area contributed by atoms with Crippen LogP contribution >= 0.6 is 0 Å². The van der Waals surface area contributed by atoms with Crippen LogP contribution in [0.2, 0.25) is 0 Å². The third kappa shape index (κ3) is 7.92. The molecular formula is C26H36N2O7S. The first-order valence-electron chi connectivity index (χ1n) is 12.1. The lowest BCUT2D eigenvalue weighted by atomic mass is 10.0. The van der Waals surface area contributed by atoms with Crippen LogP contribution in [0.1, 0.15) is 25.8 Å². The molecule has 2 aromatic carbocycles. The molecule has 3 rings (SSSR count). The number of carbonyl (C=O) groups is 1. The van der Waals surface area contributed by atoms with E-state index >= 15 is 0 Å². The molecule has 1 saturated heterocycles. The van der Waals surface area contributed by atoms with Crippen LogP contribution in [-0.2, 0) is 25.9 Å². The van der Waals surface area contributed by atoms with E-state index in [1.165, 1.54) is 23.5 Å². The second kappa shape index (κ2) is 13.0. The van der Waals surface area contributed by atoms with Gasteiger partial charge in [-0.15, -0.1) is 0 Å². The summed E-state index contributed by atoms with van der Waals surface area (Å²) in [5, 5.41) is 14.0. The van der Waals surface area contributed by atoms with E-state index in [1.807, 2.05) is 44.2 Å². The first-order chi connectivity index (χ1) is 17.2. The molecule has 3 atom stereocenters. The maximum absolute atomic E-state index is 13.5. The van der Waals surface area contributed by atoms with E-state index in [1.54, 1.807) is 12.1 Å². The number of amides is 1. The molecule has 36 heavy (non-hydrogen) atoms. The Morgan fingerprint density at radius 2 is 1.83 bits per heavy atom. The third-order valence-electron chi connectivity index (χ3n) is 5.88. The van der Waals surface area contributed by atoms with Gasteiger partial charge in [-0.05, 0) is 42.2 Å². The highest BCUT2D eigenvalue weighted by Gasteiger charge is 2.32. The molecule has 0 unspecified atom stereocenters. The Balaban J connectivity index is 1.80. The summed E-state index contributed by atoms with van der Waals surface area (Å²) in [4.78, 5) is 12.7. The highest BCUT2D eigenvalue weighted by Crippen LogP contribution is 2.22. The summed E-state index contributed by atoms with van der Waals surface area (Å²) in [5.74, 6) is 0.556. The Labute approximate surface area is 213 Å². The zero-order chi connectivity index (χ0) is 26.1. The van der Waals surface area contributed by atoms with Crippen molar-refractivity contribution in [2.24, 2.45) is 5.92 Å². The fourth-order valence-corrected chi connectivity index (χ4v) is 5.63. The fourth-order valence-electron chi connectivity index (χ4n) is 4.00. The van der Waals surface area contributed by atoms with Crippen LogP contribution in [0.25, 0.3) is 0 Å². The number of sulfonamides is 1. The molecule has 0 aliphatic carbocycles. The van der Waals surface area contributed by atoms with Crippen LogP contribution in [0, 0.1) is 5.92 Å². The minimum Gasteiger partial charge on any atom is -0.497 e. The number of benzene rings is 2. The van der Waals surface area contributed by atoms with Gasteiger partial charge in [0.1, 0.15) is 11.9 Å². The van der Waals surface area contributed by atoms with Crippen LogP contribution in [0.4, 0.5) is 4.79 Å². The van der Waals surface area contributed by atoms with Gasteiger partial charge in [-0.1, -0.05) is 44.2 Å². The van der Waals surface area contributed by atoms with Gasteiger partial charge < -0.3 is 24.6 Å². The number of nitrogens with one attached hydrogen (secondary N) is 1. The number of methoxy groups -OCH3 is 1. The van der Waals surface area contributed by atoms with Crippen molar-refractivity contribution in [1.82, 2.24) is 9.62 Å². The molecule has 0 radical (unpaired) electrons. The third-order valence-corrected chi connectivity index (χ3v) is 7.73. The first-order valence-corrected chi connectivity index (χ1v) is 13.5. The molecule has 1 aliphatic rings. The number of hydrogen-bond acceptors (Lipinski definition) is 7. The summed E-state index contributed by atoms with van der Waals surface area (Å²) in [6, 6.07) is 14.7. The summed E-state index contributed by atoms with van der Waals surface area (Å²) >= 11 is 0. The van der Waals surface area contributed by atoms with Crippen LogP contribution in [-0.4, -0.2) is 75.6 Å². The Morgan fingerprint density at radius 3 is 2.42 bits per heavy atom. The highest BCUT2D eigenvalue weighted by molar-refractivity contribution is 7.89. The van der Waals surface area contributed by atoms with Gasteiger partial charge in [0.05, 0.1) is 37.4 Å². The number of alkyl carbamates (subject to hydrolysis) is 1. The average Bonchev–Trinajstić information content (AvgIpc) is 3.36. The number of hydrogen-bond donors (Lipinski definition) is 2. The van der Waals surface area contributed by atoms with E-state index in [-0.39, 0.29) is 30.0 Å². The van der Waals surface area contributed by atoms with Gasteiger partial charge in [0, 0.05) is 19.5 Å². The van der Waals surface area contributed by atoms with Crippen molar-refractivity contribution >= 4 is 16.1 Å². The van der Waals surface area contributed by atoms with Crippen LogP contribution in [0.3, 0.4) is 0 Å². The Kier molecular flexibility index (Phi) is 10.1. The predicted molar refractivity (Wildman–Crippen MR) is 135 cm³/mol. The number of ether oxygens (including phenoxy) is 3. The summed E-state index contributed by atoms with van der Waals surface area (Å²) in [6.07, 6.45) is -1.28. The minimum absolute atomic E-state index is 0.0121. The number of nitrogens with zero attached hydrogens (tertiary/aromatic N) is 1. The second-order valence-corrected chi connectivity index (χ2v) is 11.2. The van der Waals surface area contributed by atoms with E-state index in [2.05, 4.69) is 5.32 Å². The van der Waals surface area contributed by atoms with Gasteiger partial charge in [0.15, 0.2) is 0 Å². The monoisotopic (exact) mass is 520 g/mol. The van der Waals surface area contributed by atoms with Crippen molar-refractivity contribution in [3.8, 4) is 5.75 Å². The highest BCUT2D eigenvalue weighted by atomic mass is 32.2. The van der Waals surface area contributed by atoms with E-state index in [0.717, 1.165) is 5.56 Å². The van der Waals surface area contributed by atoms with Crippen LogP contribution in [0.15, 0.2) is 59.5 Å². The lowest BCUT2D eigenvalue weighted by Crippen LogP contribution is -2.51. The predicted octanol–water partition coefficient (Wildman–Crippen LogP) is 2.83. The molecule has 0 aromatic heterocycles. The second-order valence-electron chi connectivity index (χ2n) is 9.29. The quantitative estimate of drug-likeness (QED) is 0.442. The lowest BCUT2D eigenvalue weighted by molar-refractivity contribution is 0.0644. The number of aliphatic hydroxyl groups is 1. The molecule has 1 heterocycles. The number of carbonyl (C=O) groups excluding carboxylic acids is 1. The largest absolute Gasteiger partial charge is 0.497 e. The summed E-state index contributed by atoms with van der Waals surface area (Å²) in [6.45, 7) is 4.68. The van der Waals surface area contributed by atoms with E-state index in [9.17, 15) is 18.3 Å². The Hall–Kier alpha value is -2.66. The summed E-state index contributed by atoms with van der Waals surface area (Å²) in [7, 11) is -2.40. The molecule has 1 fully saturated rings. The van der Waals surface area contributed by atoms with Crippen molar-refractivity contribution in [2.75, 3.05) is 33.4 Å². The van der Waals surface area contributed by atoms with Gasteiger partial charge in [0.25, 0.3) is 0 Å². The molecule has 9 nitrogen and oxygen atoms in total. The van der Waals surface area contributed by atoms with E-state index in [0.29, 0.717) is 31.8 Å². The zero-order valence-electron chi connectivity index (χ0n) is 21.0. The standard InChI is InChI=1S/C26H36N2O7S/c1-19(2)16-28(36(31,32)23-11-9-21(33-3)10-12-23)17-25(29)24(15-20-7-5-4-6-8-20)27-26(30)35-22-13-14-34-18-22/h4-12,19,22,24-25,29H,13-18H2,1-3H3,(H,27,30)/t22-,24-,25+/m0/s1. The molecule has 198 valence electrons. The number of aliphatic hydroxyl groups excluding tert-OH is 1. The molecule has 10 heteroatoms. The minimum atomic E-state index is -3.91. The van der Waals surface area contributed by atoms with E-state index < -0.39 is 28.3 Å². The van der Waals surface area contributed by atoms with Crippen LogP contribution < -0.4 is 10.1 Å². The molecular weight excluding hydrogens is 484 g/mol. The van der Waals surface area contributed by atoms with Gasteiger partial charge in [-0.3, -0.25) is 0 Å². The maximum atomic E-state index is 13.5. The Bertz CT molecular complexity index is 1060. The lowest BCUT2D eigenvalue weighted by Gasteiger charge is -2.30. The van der Waals surface area contributed by atoms with Gasteiger partial charge >= 0.3 is 6.09 Å². The van der Waals surface area contributed by atoms with Crippen molar-refractivity contribution in [3.63, 3.8) is 0 Å². The molecule has 1 amide bonds. The van der Waals surface area contributed by atoms with Crippen molar-refractivity contribution in [2.45, 2.75) is 49.8 Å². The molecule has 2 aromatic rings. The van der Waals surface area contributed by atoms with Gasteiger partial charge in [0.2, 0.25) is 10.0 Å². The first kappa shape index (κ1) is 27.9. The van der Waals surface area contributed by atoms with Crippen LogP contribution in [0.5, 0.6) is 5.75 Å². The summed E-state index contributed by atoms with van der Waals surface area (Å²) in [5.41, 5.74) is 0.888. The summed E-state index contributed by atoms with van der Waals surface area (Å²) < 4.78 is 44.0. The van der Waals surface area contributed by atoms with Gasteiger partial charge in [-0.25, -0.2) is 13.2 Å². The van der Waals surface area contributed by atoms with Crippen molar-refractivity contribution in [1.29, 1.82) is 0 Å². The molecule has 0 saturated carbocycles. The SMILES string of the molecule is COc1ccc(S(=O)(=O)N(CC(C)C)C[C@@H](O)[C@H](Cc2ccccc2)NC(=O)O[C@H]2CCOC2)cc1. The number of rotatable bonds is 12. The average molecular weight is 521 g/mol. The van der Waals surface area contributed by atoms with Crippen molar-refractivity contribution in [3.05, 3.63) is 60.2 Å². The molecule has 1 aliphatic heterocycles. The van der Waals surface area contributed by atoms with Gasteiger partial charge in [-0.2, -0.15) is 4.31 Å². The maximum Gasteiger partial charge on any atom is 0.407 e. The zero-order valence-corrected chi connectivity index (χ0v) is 21.8. The normalized spacial score (nSPS) is 17.7. The topological polar surface area (TPSA) is 114 Å². The molecule has 0 spiro atoms. The van der Waals surface area contributed by atoms with E-state index in [4.69, 9.17) is 14.2 Å². The Morgan fingerprint density at radius 1 is 1.14 bits per heavy atom.